The molecule has 0 N–H and O–H groups in total. The number of hydrogen-bond acceptors (Lipinski definition) is 3. The zero-order chi connectivity index (χ0) is 16.2. The molecular formula is C17H13Cl2N3O. The molecule has 6 heteroatoms. The van der Waals surface area contributed by atoms with Crippen molar-refractivity contribution >= 4 is 23.2 Å². The second-order valence-corrected chi connectivity index (χ2v) is 5.91. The minimum absolute atomic E-state index is 0.271. The molecule has 0 aliphatic rings. The average Bonchev–Trinajstić information content (AvgIpc) is 2.54. The number of halogens is 2. The van der Waals surface area contributed by atoms with Crippen molar-refractivity contribution in [3.05, 3.63) is 92.1 Å². The minimum Gasteiger partial charge on any atom is -0.266 e. The van der Waals surface area contributed by atoms with E-state index in [0.29, 0.717) is 22.3 Å². The summed E-state index contributed by atoms with van der Waals surface area (Å²) in [5.74, 6) is 0.584. The van der Waals surface area contributed by atoms with Gasteiger partial charge in [0.15, 0.2) is 5.82 Å². The van der Waals surface area contributed by atoms with Crippen molar-refractivity contribution in [2.24, 2.45) is 0 Å². The molecule has 0 saturated heterocycles. The Labute approximate surface area is 143 Å². The van der Waals surface area contributed by atoms with Gasteiger partial charge in [-0.05, 0) is 23.3 Å². The quantitative estimate of drug-likeness (QED) is 0.725. The molecule has 0 amide bonds. The van der Waals surface area contributed by atoms with Gasteiger partial charge in [0.1, 0.15) is 0 Å². The molecule has 0 aliphatic carbocycles. The molecule has 3 aromatic rings. The number of rotatable bonds is 4. The summed E-state index contributed by atoms with van der Waals surface area (Å²) in [5, 5.41) is 5.39. The van der Waals surface area contributed by atoms with Crippen LogP contribution in [-0.4, -0.2) is 14.8 Å². The van der Waals surface area contributed by atoms with Crippen molar-refractivity contribution in [2.75, 3.05) is 0 Å². The Kier molecular flexibility index (Phi) is 4.74. The molecule has 0 bridgehead atoms. The molecule has 0 spiro atoms. The number of benzene rings is 2. The smallest absolute Gasteiger partial charge is 0.266 e. The van der Waals surface area contributed by atoms with E-state index in [2.05, 4.69) is 10.1 Å². The summed E-state index contributed by atoms with van der Waals surface area (Å²) >= 11 is 12.0. The molecule has 1 aromatic heterocycles. The van der Waals surface area contributed by atoms with E-state index in [4.69, 9.17) is 23.2 Å². The highest BCUT2D eigenvalue weighted by molar-refractivity contribution is 6.35. The molecular weight excluding hydrogens is 333 g/mol. The Morgan fingerprint density at radius 3 is 2.57 bits per heavy atom. The summed E-state index contributed by atoms with van der Waals surface area (Å²) < 4.78 is 1.36. The largest absolute Gasteiger partial charge is 0.285 e. The van der Waals surface area contributed by atoms with Gasteiger partial charge >= 0.3 is 0 Å². The summed E-state index contributed by atoms with van der Waals surface area (Å²) in [6.45, 7) is 0.277. The van der Waals surface area contributed by atoms with Crippen LogP contribution in [0, 0.1) is 0 Å². The van der Waals surface area contributed by atoms with Crippen LogP contribution in [0.3, 0.4) is 0 Å². The predicted molar refractivity (Wildman–Crippen MR) is 91.1 cm³/mol. The minimum atomic E-state index is -0.271. The summed E-state index contributed by atoms with van der Waals surface area (Å²) in [7, 11) is 0. The van der Waals surface area contributed by atoms with E-state index in [1.54, 1.807) is 18.2 Å². The highest BCUT2D eigenvalue weighted by Crippen LogP contribution is 2.21. The standard InChI is InChI=1S/C17H13Cl2N3O/c18-14-7-6-13(15(19)9-14)11-22-17(23)10-20-16(21-22)8-12-4-2-1-3-5-12/h1-7,9-10H,8,11H2. The molecule has 1 heterocycles. The lowest BCUT2D eigenvalue weighted by Crippen LogP contribution is -2.25. The first-order chi connectivity index (χ1) is 11.1. The van der Waals surface area contributed by atoms with Crippen molar-refractivity contribution in [3.63, 3.8) is 0 Å². The third kappa shape index (κ3) is 3.97. The fourth-order valence-corrected chi connectivity index (χ4v) is 2.66. The van der Waals surface area contributed by atoms with Crippen LogP contribution in [0.5, 0.6) is 0 Å². The lowest BCUT2D eigenvalue weighted by atomic mass is 10.1. The van der Waals surface area contributed by atoms with Crippen molar-refractivity contribution in [2.45, 2.75) is 13.0 Å². The van der Waals surface area contributed by atoms with Gasteiger partial charge in [-0.3, -0.25) is 4.79 Å². The van der Waals surface area contributed by atoms with E-state index in [-0.39, 0.29) is 12.1 Å². The van der Waals surface area contributed by atoms with E-state index in [9.17, 15) is 4.79 Å². The highest BCUT2D eigenvalue weighted by atomic mass is 35.5. The number of aromatic nitrogens is 3. The van der Waals surface area contributed by atoms with Crippen molar-refractivity contribution in [3.8, 4) is 0 Å². The summed E-state index contributed by atoms with van der Waals surface area (Å²) in [5.41, 5.74) is 1.59. The lowest BCUT2D eigenvalue weighted by Gasteiger charge is -2.08. The zero-order valence-corrected chi connectivity index (χ0v) is 13.6. The second kappa shape index (κ2) is 6.94. The van der Waals surface area contributed by atoms with Crippen LogP contribution in [0.1, 0.15) is 17.0 Å². The maximum atomic E-state index is 12.0. The molecule has 0 unspecified atom stereocenters. The molecule has 4 nitrogen and oxygen atoms in total. The second-order valence-electron chi connectivity index (χ2n) is 5.07. The monoisotopic (exact) mass is 345 g/mol. The van der Waals surface area contributed by atoms with Crippen molar-refractivity contribution in [1.82, 2.24) is 14.8 Å². The fourth-order valence-electron chi connectivity index (χ4n) is 2.19. The topological polar surface area (TPSA) is 47.8 Å². The van der Waals surface area contributed by atoms with Gasteiger partial charge in [0.25, 0.3) is 5.56 Å². The molecule has 23 heavy (non-hydrogen) atoms. The van der Waals surface area contributed by atoms with Crippen LogP contribution >= 0.6 is 23.2 Å². The van der Waals surface area contributed by atoms with Crippen molar-refractivity contribution < 1.29 is 0 Å². The third-order valence-corrected chi connectivity index (χ3v) is 3.94. The first-order valence-electron chi connectivity index (χ1n) is 7.03. The van der Waals surface area contributed by atoms with Crippen molar-refractivity contribution in [1.29, 1.82) is 0 Å². The third-order valence-electron chi connectivity index (χ3n) is 3.35. The van der Waals surface area contributed by atoms with E-state index in [1.807, 2.05) is 30.3 Å². The molecule has 0 aliphatic heterocycles. The maximum absolute atomic E-state index is 12.0. The average molecular weight is 346 g/mol. The Hall–Kier alpha value is -2.17. The molecule has 0 atom stereocenters. The van der Waals surface area contributed by atoms with Crippen LogP contribution in [0.25, 0.3) is 0 Å². The van der Waals surface area contributed by atoms with E-state index < -0.39 is 0 Å². The van der Waals surface area contributed by atoms with E-state index >= 15 is 0 Å². The van der Waals surface area contributed by atoms with E-state index in [0.717, 1.165) is 11.1 Å². The Balaban J connectivity index is 1.87. The molecule has 2 aromatic carbocycles. The Morgan fingerprint density at radius 2 is 1.83 bits per heavy atom. The van der Waals surface area contributed by atoms with Crippen LogP contribution in [0.2, 0.25) is 10.0 Å². The van der Waals surface area contributed by atoms with Gasteiger partial charge in [0.2, 0.25) is 0 Å². The molecule has 0 fully saturated rings. The number of hydrogen-bond donors (Lipinski definition) is 0. The lowest BCUT2D eigenvalue weighted by molar-refractivity contribution is 0.604. The van der Waals surface area contributed by atoms with Gasteiger partial charge < -0.3 is 0 Å². The first kappa shape index (κ1) is 15.7. The van der Waals surface area contributed by atoms with Gasteiger partial charge in [-0.15, -0.1) is 0 Å². The molecule has 0 saturated carbocycles. The zero-order valence-electron chi connectivity index (χ0n) is 12.1. The maximum Gasteiger partial charge on any atom is 0.285 e. The van der Waals surface area contributed by atoms with Gasteiger partial charge in [0, 0.05) is 16.5 Å². The molecule has 0 radical (unpaired) electrons. The van der Waals surface area contributed by atoms with Crippen LogP contribution < -0.4 is 5.56 Å². The van der Waals surface area contributed by atoms with Gasteiger partial charge in [-0.25, -0.2) is 9.67 Å². The summed E-state index contributed by atoms with van der Waals surface area (Å²) in [4.78, 5) is 16.1. The SMILES string of the molecule is O=c1cnc(Cc2ccccc2)nn1Cc1ccc(Cl)cc1Cl. The first-order valence-corrected chi connectivity index (χ1v) is 7.78. The summed E-state index contributed by atoms with van der Waals surface area (Å²) in [6.07, 6.45) is 1.85. The summed E-state index contributed by atoms with van der Waals surface area (Å²) in [6, 6.07) is 15.0. The van der Waals surface area contributed by atoms with Gasteiger partial charge in [-0.2, -0.15) is 5.10 Å². The van der Waals surface area contributed by atoms with Gasteiger partial charge in [-0.1, -0.05) is 59.6 Å². The van der Waals surface area contributed by atoms with E-state index in [1.165, 1.54) is 10.9 Å². The van der Waals surface area contributed by atoms with Gasteiger partial charge in [0.05, 0.1) is 12.7 Å². The van der Waals surface area contributed by atoms with Crippen LogP contribution in [0.15, 0.2) is 59.5 Å². The fraction of sp³-hybridized carbons (Fsp3) is 0.118. The Morgan fingerprint density at radius 1 is 1.04 bits per heavy atom. The van der Waals surface area contributed by atoms with Crippen LogP contribution in [-0.2, 0) is 13.0 Å². The highest BCUT2D eigenvalue weighted by Gasteiger charge is 2.07. The number of nitrogens with zero attached hydrogens (tertiary/aromatic N) is 3. The normalized spacial score (nSPS) is 10.7. The molecule has 3 rings (SSSR count). The molecule has 116 valence electrons. The predicted octanol–water partition coefficient (Wildman–Crippen LogP) is 3.58. The van der Waals surface area contributed by atoms with Crippen LogP contribution in [0.4, 0.5) is 0 Å². The Bertz CT molecular complexity index is 879.